The predicted octanol–water partition coefficient (Wildman–Crippen LogP) is 6.42. The Morgan fingerprint density at radius 1 is 1.07 bits per heavy atom. The van der Waals surface area contributed by atoms with Crippen LogP contribution in [0.2, 0.25) is 5.02 Å². The van der Waals surface area contributed by atoms with Gasteiger partial charge in [0.2, 0.25) is 5.13 Å². The lowest BCUT2D eigenvalue weighted by Crippen LogP contribution is -2.17. The maximum absolute atomic E-state index is 6.02. The molecule has 150 valence electrons. The van der Waals surface area contributed by atoms with Crippen LogP contribution in [0.5, 0.6) is 5.75 Å². The number of furan rings is 1. The van der Waals surface area contributed by atoms with E-state index in [1.807, 2.05) is 71.1 Å². The minimum absolute atomic E-state index is 0.0404. The molecule has 1 atom stereocenters. The summed E-state index contributed by atoms with van der Waals surface area (Å²) in [6.07, 6.45) is 2.43. The van der Waals surface area contributed by atoms with Crippen molar-refractivity contribution >= 4 is 33.8 Å². The first kappa shape index (κ1) is 18.9. The molecule has 0 fully saturated rings. The van der Waals surface area contributed by atoms with Crippen molar-refractivity contribution in [3.05, 3.63) is 88.7 Å². The smallest absolute Gasteiger partial charge is 0.207 e. The van der Waals surface area contributed by atoms with Crippen molar-refractivity contribution in [1.29, 1.82) is 0 Å². The summed E-state index contributed by atoms with van der Waals surface area (Å²) in [6, 6.07) is 19.5. The van der Waals surface area contributed by atoms with Crippen molar-refractivity contribution in [2.45, 2.75) is 12.5 Å². The highest BCUT2D eigenvalue weighted by Gasteiger charge is 2.33. The molecule has 0 saturated carbocycles. The Hall–Kier alpha value is -3.09. The Balaban J connectivity index is 1.50. The number of hydrazone groups is 1. The number of thiazole rings is 1. The number of rotatable bonds is 5. The molecule has 0 saturated heterocycles. The number of benzene rings is 2. The summed E-state index contributed by atoms with van der Waals surface area (Å²) in [5.41, 5.74) is 3.97. The maximum atomic E-state index is 6.02. The molecule has 2 aromatic carbocycles. The van der Waals surface area contributed by atoms with Gasteiger partial charge in [-0.25, -0.2) is 9.99 Å². The van der Waals surface area contributed by atoms with E-state index in [9.17, 15) is 0 Å². The van der Waals surface area contributed by atoms with Crippen molar-refractivity contribution in [1.82, 2.24) is 4.98 Å². The van der Waals surface area contributed by atoms with E-state index in [0.717, 1.165) is 45.6 Å². The van der Waals surface area contributed by atoms with Crippen LogP contribution in [0.4, 0.5) is 5.13 Å². The number of anilines is 1. The second kappa shape index (κ2) is 7.97. The highest BCUT2D eigenvalue weighted by Crippen LogP contribution is 2.39. The number of ether oxygens (including phenoxy) is 1. The number of halogens is 1. The first-order valence-corrected chi connectivity index (χ1v) is 10.7. The summed E-state index contributed by atoms with van der Waals surface area (Å²) >= 11 is 7.58. The number of hydrogen-bond acceptors (Lipinski definition) is 6. The molecular formula is C23H18ClN3O2S. The fourth-order valence-electron chi connectivity index (χ4n) is 3.47. The Kier molecular flexibility index (Phi) is 5.02. The van der Waals surface area contributed by atoms with Crippen molar-refractivity contribution in [3.63, 3.8) is 0 Å². The number of hydrogen-bond donors (Lipinski definition) is 0. The largest absolute Gasteiger partial charge is 0.497 e. The summed E-state index contributed by atoms with van der Waals surface area (Å²) in [6.45, 7) is 0. The van der Waals surface area contributed by atoms with E-state index in [1.165, 1.54) is 0 Å². The van der Waals surface area contributed by atoms with Crippen LogP contribution in [0, 0.1) is 0 Å². The zero-order valence-electron chi connectivity index (χ0n) is 16.2. The van der Waals surface area contributed by atoms with Gasteiger partial charge in [-0.1, -0.05) is 23.7 Å². The molecule has 2 aromatic heterocycles. The van der Waals surface area contributed by atoms with Gasteiger partial charge in [-0.15, -0.1) is 11.3 Å². The molecule has 4 aromatic rings. The first-order chi connectivity index (χ1) is 14.7. The fourth-order valence-corrected chi connectivity index (χ4v) is 4.43. The number of methoxy groups -OCH3 is 1. The van der Waals surface area contributed by atoms with E-state index >= 15 is 0 Å². The molecule has 3 heterocycles. The molecule has 0 spiro atoms. The fraction of sp³-hybridized carbons (Fsp3) is 0.130. The summed E-state index contributed by atoms with van der Waals surface area (Å²) in [5, 5.41) is 10.5. The van der Waals surface area contributed by atoms with Crippen LogP contribution in [-0.2, 0) is 0 Å². The van der Waals surface area contributed by atoms with Gasteiger partial charge < -0.3 is 9.15 Å². The van der Waals surface area contributed by atoms with Gasteiger partial charge in [-0.2, -0.15) is 5.10 Å². The Bertz CT molecular complexity index is 1170. The molecule has 0 bridgehead atoms. The maximum Gasteiger partial charge on any atom is 0.207 e. The molecular weight excluding hydrogens is 418 g/mol. The van der Waals surface area contributed by atoms with Gasteiger partial charge in [0.1, 0.15) is 17.6 Å². The number of nitrogens with zero attached hydrogens (tertiary/aromatic N) is 3. The lowest BCUT2D eigenvalue weighted by atomic mass is 10.0. The molecule has 0 radical (unpaired) electrons. The Morgan fingerprint density at radius 2 is 1.83 bits per heavy atom. The van der Waals surface area contributed by atoms with Gasteiger partial charge in [-0.05, 0) is 54.1 Å². The van der Waals surface area contributed by atoms with E-state index in [4.69, 9.17) is 30.8 Å². The molecule has 0 aliphatic carbocycles. The third-order valence-electron chi connectivity index (χ3n) is 5.03. The molecule has 7 heteroatoms. The lowest BCUT2D eigenvalue weighted by molar-refractivity contribution is 0.415. The third-order valence-corrected chi connectivity index (χ3v) is 6.12. The molecule has 0 N–H and O–H groups in total. The zero-order valence-corrected chi connectivity index (χ0v) is 17.7. The van der Waals surface area contributed by atoms with Crippen LogP contribution in [0.3, 0.4) is 0 Å². The van der Waals surface area contributed by atoms with E-state index in [2.05, 4.69) is 0 Å². The average molecular weight is 436 g/mol. The Labute approximate surface area is 183 Å². The molecule has 1 aliphatic heterocycles. The van der Waals surface area contributed by atoms with Crippen LogP contribution >= 0.6 is 22.9 Å². The van der Waals surface area contributed by atoms with Crippen molar-refractivity contribution < 1.29 is 9.15 Å². The normalized spacial score (nSPS) is 16.0. The van der Waals surface area contributed by atoms with E-state index < -0.39 is 0 Å². The van der Waals surface area contributed by atoms with Crippen LogP contribution in [-0.4, -0.2) is 17.8 Å². The van der Waals surface area contributed by atoms with Gasteiger partial charge >= 0.3 is 0 Å². The monoisotopic (exact) mass is 435 g/mol. The van der Waals surface area contributed by atoms with Gasteiger partial charge in [0.05, 0.1) is 24.8 Å². The van der Waals surface area contributed by atoms with E-state index in [1.54, 1.807) is 24.7 Å². The van der Waals surface area contributed by atoms with Crippen LogP contribution in [0.25, 0.3) is 11.3 Å². The molecule has 5 rings (SSSR count). The van der Waals surface area contributed by atoms with Gasteiger partial charge in [0, 0.05) is 22.4 Å². The first-order valence-electron chi connectivity index (χ1n) is 9.47. The topological polar surface area (TPSA) is 50.9 Å². The molecule has 0 unspecified atom stereocenters. The number of aromatic nitrogens is 1. The summed E-state index contributed by atoms with van der Waals surface area (Å²) < 4.78 is 11.0. The van der Waals surface area contributed by atoms with Crippen LogP contribution in [0.1, 0.15) is 23.8 Å². The van der Waals surface area contributed by atoms with E-state index in [-0.39, 0.29) is 6.04 Å². The molecule has 5 nitrogen and oxygen atoms in total. The zero-order chi connectivity index (χ0) is 20.5. The minimum atomic E-state index is -0.0404. The van der Waals surface area contributed by atoms with Crippen molar-refractivity contribution in [3.8, 4) is 17.0 Å². The van der Waals surface area contributed by atoms with Gasteiger partial charge in [0.15, 0.2) is 0 Å². The predicted molar refractivity (Wildman–Crippen MR) is 121 cm³/mol. The average Bonchev–Trinajstić information content (AvgIpc) is 3.54. The summed E-state index contributed by atoms with van der Waals surface area (Å²) in [5.74, 6) is 1.69. The quantitative estimate of drug-likeness (QED) is 0.363. The van der Waals surface area contributed by atoms with Gasteiger partial charge in [-0.3, -0.25) is 0 Å². The second-order valence-corrected chi connectivity index (χ2v) is 8.15. The Morgan fingerprint density at radius 3 is 2.53 bits per heavy atom. The summed E-state index contributed by atoms with van der Waals surface area (Å²) in [4.78, 5) is 4.84. The van der Waals surface area contributed by atoms with E-state index in [0.29, 0.717) is 5.02 Å². The standard InChI is InChI=1S/C23H18ClN3O2S/c1-28-18-10-6-15(7-11-18)19-13-21(22-3-2-12-29-22)27(26-19)23-25-20(14-30-23)16-4-8-17(24)9-5-16/h2-12,14,21H,13H2,1H3/t21-/m1/s1. The summed E-state index contributed by atoms with van der Waals surface area (Å²) in [7, 11) is 1.66. The molecule has 30 heavy (non-hydrogen) atoms. The SMILES string of the molecule is COc1ccc(C2=NN(c3nc(-c4ccc(Cl)cc4)cs3)[C@@H](c3ccco3)C2)cc1. The van der Waals surface area contributed by atoms with Crippen LogP contribution < -0.4 is 9.75 Å². The van der Waals surface area contributed by atoms with Crippen LogP contribution in [0.15, 0.2) is 81.8 Å². The minimum Gasteiger partial charge on any atom is -0.497 e. The highest BCUT2D eigenvalue weighted by atomic mass is 35.5. The van der Waals surface area contributed by atoms with Crippen molar-refractivity contribution in [2.75, 3.05) is 12.1 Å². The highest BCUT2D eigenvalue weighted by molar-refractivity contribution is 7.14. The van der Waals surface area contributed by atoms with Crippen molar-refractivity contribution in [2.24, 2.45) is 5.10 Å². The van der Waals surface area contributed by atoms with Gasteiger partial charge in [0.25, 0.3) is 0 Å². The lowest BCUT2D eigenvalue weighted by Gasteiger charge is -2.18. The molecule has 1 aliphatic rings. The second-order valence-electron chi connectivity index (χ2n) is 6.88. The molecule has 0 amide bonds. The third kappa shape index (κ3) is 3.60.